The van der Waals surface area contributed by atoms with Gasteiger partial charge < -0.3 is 5.32 Å². The summed E-state index contributed by atoms with van der Waals surface area (Å²) < 4.78 is 0.809. The summed E-state index contributed by atoms with van der Waals surface area (Å²) in [5, 5.41) is 8.46. The molecule has 0 spiro atoms. The molecule has 0 saturated carbocycles. The third-order valence-corrected chi connectivity index (χ3v) is 4.57. The minimum Gasteiger partial charge on any atom is -0.320 e. The number of anilines is 2. The van der Waals surface area contributed by atoms with Crippen molar-refractivity contribution in [1.82, 2.24) is 0 Å². The Kier molecular flexibility index (Phi) is 4.99. The smallest absolute Gasteiger partial charge is 0.271 e. The summed E-state index contributed by atoms with van der Waals surface area (Å²) in [6.45, 7) is 3.93. The molecule has 5 nitrogen and oxygen atoms in total. The second kappa shape index (κ2) is 7.19. The van der Waals surface area contributed by atoms with Gasteiger partial charge in [-0.15, -0.1) is 0 Å². The van der Waals surface area contributed by atoms with Crippen molar-refractivity contribution in [1.29, 1.82) is 0 Å². The minimum atomic E-state index is -0.297. The van der Waals surface area contributed by atoms with Crippen LogP contribution >= 0.6 is 15.9 Å². The molecule has 2 amide bonds. The fourth-order valence-electron chi connectivity index (χ4n) is 2.59. The van der Waals surface area contributed by atoms with Crippen LogP contribution < -0.4 is 10.3 Å². The monoisotopic (exact) mass is 399 g/mol. The van der Waals surface area contributed by atoms with Gasteiger partial charge in [-0.1, -0.05) is 18.2 Å². The first kappa shape index (κ1) is 17.4. The van der Waals surface area contributed by atoms with E-state index in [9.17, 15) is 9.59 Å². The number of nitrogens with one attached hydrogen (secondary N) is 1. The fourth-order valence-corrected chi connectivity index (χ4v) is 3.19. The topological polar surface area (TPSA) is 61.8 Å². The lowest BCUT2D eigenvalue weighted by atomic mass is 10.1. The molecule has 0 fully saturated rings. The van der Waals surface area contributed by atoms with Gasteiger partial charge in [0.15, 0.2) is 0 Å². The zero-order valence-electron chi connectivity index (χ0n) is 14.0. The van der Waals surface area contributed by atoms with E-state index >= 15 is 0 Å². The van der Waals surface area contributed by atoms with Crippen molar-refractivity contribution in [2.75, 3.05) is 10.3 Å². The van der Waals surface area contributed by atoms with Gasteiger partial charge in [0.1, 0.15) is 5.71 Å². The molecule has 6 heteroatoms. The summed E-state index contributed by atoms with van der Waals surface area (Å²) in [4.78, 5) is 24.8. The van der Waals surface area contributed by atoms with Gasteiger partial charge in [0, 0.05) is 17.3 Å². The van der Waals surface area contributed by atoms with Crippen LogP contribution in [0, 0.1) is 13.8 Å². The molecular formula is C19H18BrN3O2. The molecule has 1 aliphatic heterocycles. The molecule has 3 rings (SSSR count). The number of hydrogen-bond acceptors (Lipinski definition) is 3. The maximum Gasteiger partial charge on any atom is 0.271 e. The second-order valence-electron chi connectivity index (χ2n) is 6.03. The highest BCUT2D eigenvalue weighted by molar-refractivity contribution is 9.10. The number of nitrogens with zero attached hydrogens (tertiary/aromatic N) is 2. The largest absolute Gasteiger partial charge is 0.320 e. The van der Waals surface area contributed by atoms with E-state index in [-0.39, 0.29) is 18.2 Å². The summed E-state index contributed by atoms with van der Waals surface area (Å²) in [6, 6.07) is 13.2. The highest BCUT2D eigenvalue weighted by Gasteiger charge is 2.26. The summed E-state index contributed by atoms with van der Waals surface area (Å²) in [5.41, 5.74) is 3.81. The summed E-state index contributed by atoms with van der Waals surface area (Å²) in [5.74, 6) is -0.409. The maximum absolute atomic E-state index is 12.6. The summed E-state index contributed by atoms with van der Waals surface area (Å²) in [7, 11) is 0. The number of carbonyl (C=O) groups is 2. The molecule has 2 aromatic carbocycles. The first-order chi connectivity index (χ1) is 11.9. The molecule has 1 N–H and O–H groups in total. The Bertz CT molecular complexity index is 877. The molecule has 0 aliphatic carbocycles. The Hall–Kier alpha value is -2.47. The summed E-state index contributed by atoms with van der Waals surface area (Å²) in [6.07, 6.45) is 0.589. The number of rotatable bonds is 3. The number of carbonyl (C=O) groups excluding carboxylic acids is 2. The van der Waals surface area contributed by atoms with E-state index in [2.05, 4.69) is 26.3 Å². The quantitative estimate of drug-likeness (QED) is 0.840. The normalized spacial score (nSPS) is 14.3. The van der Waals surface area contributed by atoms with E-state index in [0.717, 1.165) is 15.6 Å². The maximum atomic E-state index is 12.6. The molecule has 2 aromatic rings. The Labute approximate surface area is 154 Å². The third-order valence-electron chi connectivity index (χ3n) is 3.91. The van der Waals surface area contributed by atoms with Crippen LogP contribution in [0.2, 0.25) is 0 Å². The first-order valence-electron chi connectivity index (χ1n) is 7.98. The Balaban J connectivity index is 1.84. The van der Waals surface area contributed by atoms with Gasteiger partial charge in [-0.2, -0.15) is 5.10 Å². The van der Waals surface area contributed by atoms with Crippen LogP contribution in [0.5, 0.6) is 0 Å². The molecular weight excluding hydrogens is 382 g/mol. The molecule has 1 heterocycles. The predicted molar refractivity (Wildman–Crippen MR) is 103 cm³/mol. The van der Waals surface area contributed by atoms with Crippen LogP contribution in [0.3, 0.4) is 0 Å². The first-order valence-corrected chi connectivity index (χ1v) is 8.78. The lowest BCUT2D eigenvalue weighted by molar-refractivity contribution is -0.118. The van der Waals surface area contributed by atoms with E-state index in [4.69, 9.17) is 0 Å². The highest BCUT2D eigenvalue weighted by Crippen LogP contribution is 2.25. The van der Waals surface area contributed by atoms with Crippen molar-refractivity contribution in [3.05, 3.63) is 58.1 Å². The van der Waals surface area contributed by atoms with Crippen LogP contribution in [-0.2, 0) is 9.59 Å². The molecule has 25 heavy (non-hydrogen) atoms. The number of hydrazone groups is 1. The number of aryl methyl sites for hydroxylation is 2. The number of hydrogen-bond donors (Lipinski definition) is 1. The van der Waals surface area contributed by atoms with Gasteiger partial charge in [-0.25, -0.2) is 5.01 Å². The zero-order chi connectivity index (χ0) is 18.0. The molecule has 0 radical (unpaired) electrons. The molecule has 0 bridgehead atoms. The Morgan fingerprint density at radius 3 is 2.60 bits per heavy atom. The van der Waals surface area contributed by atoms with Crippen LogP contribution in [0.15, 0.2) is 52.0 Å². The van der Waals surface area contributed by atoms with Gasteiger partial charge in [0.25, 0.3) is 5.91 Å². The predicted octanol–water partition coefficient (Wildman–Crippen LogP) is 4.19. The molecule has 0 atom stereocenters. The van der Waals surface area contributed by atoms with Gasteiger partial charge >= 0.3 is 0 Å². The van der Waals surface area contributed by atoms with E-state index in [0.29, 0.717) is 23.5 Å². The van der Waals surface area contributed by atoms with E-state index in [1.807, 2.05) is 56.3 Å². The average Bonchev–Trinajstić information content (AvgIpc) is 2.57. The van der Waals surface area contributed by atoms with Crippen molar-refractivity contribution < 1.29 is 9.59 Å². The van der Waals surface area contributed by atoms with Gasteiger partial charge in [-0.05, 0) is 65.2 Å². The van der Waals surface area contributed by atoms with Crippen LogP contribution in [0.4, 0.5) is 11.4 Å². The second-order valence-corrected chi connectivity index (χ2v) is 6.88. The van der Waals surface area contributed by atoms with Crippen LogP contribution in [0.25, 0.3) is 0 Å². The highest BCUT2D eigenvalue weighted by atomic mass is 79.9. The van der Waals surface area contributed by atoms with Gasteiger partial charge in [0.05, 0.1) is 11.4 Å². The van der Waals surface area contributed by atoms with E-state index in [1.54, 1.807) is 0 Å². The molecule has 0 saturated heterocycles. The number of halogens is 1. The molecule has 128 valence electrons. The number of benzene rings is 2. The number of amides is 2. The average molecular weight is 400 g/mol. The summed E-state index contributed by atoms with van der Waals surface area (Å²) >= 11 is 3.45. The van der Waals surface area contributed by atoms with Crippen molar-refractivity contribution in [2.45, 2.75) is 26.7 Å². The lowest BCUT2D eigenvalue weighted by Crippen LogP contribution is -2.36. The van der Waals surface area contributed by atoms with Crippen LogP contribution in [0.1, 0.15) is 24.0 Å². The third kappa shape index (κ3) is 3.96. The van der Waals surface area contributed by atoms with Gasteiger partial charge in [0.2, 0.25) is 5.91 Å². The lowest BCUT2D eigenvalue weighted by Gasteiger charge is -2.23. The van der Waals surface area contributed by atoms with Crippen molar-refractivity contribution >= 4 is 44.8 Å². The molecule has 0 unspecified atom stereocenters. The minimum absolute atomic E-state index is 0.112. The van der Waals surface area contributed by atoms with Crippen LogP contribution in [-0.4, -0.2) is 17.5 Å². The SMILES string of the molecule is Cc1cccc(N2N=C(C(=O)Nc3ccc(C)cc3Br)CCC2=O)c1. The van der Waals surface area contributed by atoms with Crippen molar-refractivity contribution in [3.63, 3.8) is 0 Å². The fraction of sp³-hybridized carbons (Fsp3) is 0.211. The van der Waals surface area contributed by atoms with E-state index in [1.165, 1.54) is 5.01 Å². The van der Waals surface area contributed by atoms with Crippen molar-refractivity contribution in [2.24, 2.45) is 5.10 Å². The zero-order valence-corrected chi connectivity index (χ0v) is 15.6. The van der Waals surface area contributed by atoms with Gasteiger partial charge in [-0.3, -0.25) is 9.59 Å². The molecule has 0 aromatic heterocycles. The Morgan fingerprint density at radius 2 is 1.88 bits per heavy atom. The van der Waals surface area contributed by atoms with Crippen molar-refractivity contribution in [3.8, 4) is 0 Å². The standard InChI is InChI=1S/C19H18BrN3O2/c1-12-4-3-5-14(10-12)23-18(24)9-8-17(22-23)19(25)21-16-7-6-13(2)11-15(16)20/h3-7,10-11H,8-9H2,1-2H3,(H,21,25). The van der Waals surface area contributed by atoms with E-state index < -0.39 is 0 Å². The molecule has 1 aliphatic rings. The Morgan fingerprint density at radius 1 is 1.12 bits per heavy atom.